The van der Waals surface area contributed by atoms with Crippen LogP contribution in [0, 0.1) is 6.92 Å². The third-order valence-corrected chi connectivity index (χ3v) is 5.15. The monoisotopic (exact) mass is 350 g/mol. The van der Waals surface area contributed by atoms with E-state index in [1.807, 2.05) is 37.3 Å². The molecule has 3 aromatic rings. The molecule has 134 valence electrons. The number of hydrogen-bond donors (Lipinski definition) is 1. The molecule has 0 unspecified atom stereocenters. The van der Waals surface area contributed by atoms with Crippen molar-refractivity contribution in [2.75, 3.05) is 13.1 Å². The van der Waals surface area contributed by atoms with E-state index in [-0.39, 0.29) is 0 Å². The predicted octanol–water partition coefficient (Wildman–Crippen LogP) is 4.21. The minimum Gasteiger partial charge on any atom is -0.478 e. The third-order valence-electron chi connectivity index (χ3n) is 5.15. The van der Waals surface area contributed by atoms with Crippen LogP contribution >= 0.6 is 0 Å². The van der Waals surface area contributed by atoms with Gasteiger partial charge in [0.2, 0.25) is 0 Å². The van der Waals surface area contributed by atoms with E-state index in [2.05, 4.69) is 9.88 Å². The van der Waals surface area contributed by atoms with Crippen LogP contribution in [0.1, 0.15) is 46.1 Å². The van der Waals surface area contributed by atoms with Crippen LogP contribution in [0.15, 0.2) is 46.9 Å². The summed E-state index contributed by atoms with van der Waals surface area (Å²) in [5.41, 5.74) is 4.35. The van der Waals surface area contributed by atoms with Crippen molar-refractivity contribution in [1.29, 1.82) is 0 Å². The van der Waals surface area contributed by atoms with Gasteiger partial charge in [0.15, 0.2) is 11.5 Å². The molecule has 5 heteroatoms. The van der Waals surface area contributed by atoms with E-state index >= 15 is 0 Å². The fraction of sp³-hybridized carbons (Fsp3) is 0.333. The second-order valence-electron chi connectivity index (χ2n) is 7.03. The Bertz CT molecular complexity index is 939. The van der Waals surface area contributed by atoms with Gasteiger partial charge in [-0.25, -0.2) is 9.78 Å². The number of carboxylic acids is 1. The van der Waals surface area contributed by atoms with E-state index in [9.17, 15) is 4.79 Å². The first kappa shape index (κ1) is 16.8. The number of para-hydroxylation sites is 1. The maximum absolute atomic E-state index is 11.1. The van der Waals surface area contributed by atoms with E-state index in [0.29, 0.717) is 11.5 Å². The highest BCUT2D eigenvalue weighted by molar-refractivity contribution is 5.87. The van der Waals surface area contributed by atoms with E-state index in [1.165, 1.54) is 0 Å². The molecule has 1 aliphatic heterocycles. The molecule has 2 aromatic carbocycles. The standard InChI is InChI=1S/C21H22N2O3/c1-14-4-2-7-18-19(14)26-20(22-18)16-8-10-23(11-9-16)13-15-5-3-6-17(12-15)21(24)25/h2-7,12,16H,8-11,13H2,1H3,(H,24,25). The molecule has 4 rings (SSSR count). The number of aryl methyl sites for hydroxylation is 1. The summed E-state index contributed by atoms with van der Waals surface area (Å²) in [5.74, 6) is 0.321. The lowest BCUT2D eigenvalue weighted by Crippen LogP contribution is -2.32. The Kier molecular flexibility index (Phi) is 4.47. The average Bonchev–Trinajstić information content (AvgIpc) is 3.08. The molecule has 0 bridgehead atoms. The molecule has 0 aliphatic carbocycles. The first-order chi connectivity index (χ1) is 12.6. The predicted molar refractivity (Wildman–Crippen MR) is 99.4 cm³/mol. The molecule has 0 spiro atoms. The second kappa shape index (κ2) is 6.92. The molecular formula is C21H22N2O3. The molecule has 0 atom stereocenters. The van der Waals surface area contributed by atoms with Crippen molar-refractivity contribution in [2.24, 2.45) is 0 Å². The molecule has 26 heavy (non-hydrogen) atoms. The van der Waals surface area contributed by atoms with Crippen molar-refractivity contribution < 1.29 is 14.3 Å². The Morgan fingerprint density at radius 1 is 1.23 bits per heavy atom. The number of aromatic nitrogens is 1. The largest absolute Gasteiger partial charge is 0.478 e. The van der Waals surface area contributed by atoms with Crippen LogP contribution in [0.5, 0.6) is 0 Å². The van der Waals surface area contributed by atoms with Crippen molar-refractivity contribution in [3.05, 3.63) is 65.0 Å². The van der Waals surface area contributed by atoms with Crippen LogP contribution in [0.25, 0.3) is 11.1 Å². The van der Waals surface area contributed by atoms with Gasteiger partial charge in [0.1, 0.15) is 5.52 Å². The lowest BCUT2D eigenvalue weighted by molar-refractivity contribution is 0.0696. The fourth-order valence-electron chi connectivity index (χ4n) is 3.68. The molecule has 1 aliphatic rings. The molecule has 0 saturated carbocycles. The quantitative estimate of drug-likeness (QED) is 0.763. The van der Waals surface area contributed by atoms with Gasteiger partial charge >= 0.3 is 5.97 Å². The minimum absolute atomic E-state index is 0.347. The first-order valence-electron chi connectivity index (χ1n) is 9.01. The van der Waals surface area contributed by atoms with Crippen molar-refractivity contribution in [2.45, 2.75) is 32.2 Å². The van der Waals surface area contributed by atoms with E-state index in [4.69, 9.17) is 9.52 Å². The Hall–Kier alpha value is -2.66. The summed E-state index contributed by atoms with van der Waals surface area (Å²) in [6, 6.07) is 13.3. The summed E-state index contributed by atoms with van der Waals surface area (Å²) >= 11 is 0. The van der Waals surface area contributed by atoms with Crippen molar-refractivity contribution in [1.82, 2.24) is 9.88 Å². The summed E-state index contributed by atoms with van der Waals surface area (Å²) in [7, 11) is 0. The summed E-state index contributed by atoms with van der Waals surface area (Å²) < 4.78 is 6.04. The number of piperidine rings is 1. The zero-order chi connectivity index (χ0) is 18.1. The van der Waals surface area contributed by atoms with Gasteiger partial charge in [0, 0.05) is 12.5 Å². The average molecular weight is 350 g/mol. The molecule has 0 radical (unpaired) electrons. The number of rotatable bonds is 4. The second-order valence-corrected chi connectivity index (χ2v) is 7.03. The topological polar surface area (TPSA) is 66.6 Å². The number of oxazole rings is 1. The number of hydrogen-bond acceptors (Lipinski definition) is 4. The van der Waals surface area contributed by atoms with Gasteiger partial charge in [-0.15, -0.1) is 0 Å². The molecule has 1 fully saturated rings. The van der Waals surface area contributed by atoms with Gasteiger partial charge in [0.25, 0.3) is 0 Å². The summed E-state index contributed by atoms with van der Waals surface area (Å²) in [6.45, 7) is 4.74. The Balaban J connectivity index is 1.41. The van der Waals surface area contributed by atoms with Crippen LogP contribution < -0.4 is 0 Å². The van der Waals surface area contributed by atoms with E-state index in [1.54, 1.807) is 12.1 Å². The van der Waals surface area contributed by atoms with Crippen molar-refractivity contribution >= 4 is 17.1 Å². The zero-order valence-corrected chi connectivity index (χ0v) is 14.8. The number of fused-ring (bicyclic) bond motifs is 1. The lowest BCUT2D eigenvalue weighted by atomic mass is 9.96. The van der Waals surface area contributed by atoms with Gasteiger partial charge in [-0.05, 0) is 62.2 Å². The lowest BCUT2D eigenvalue weighted by Gasteiger charge is -2.30. The van der Waals surface area contributed by atoms with Crippen LogP contribution in [0.3, 0.4) is 0 Å². The summed E-state index contributed by atoms with van der Waals surface area (Å²) in [4.78, 5) is 18.2. The van der Waals surface area contributed by atoms with E-state index < -0.39 is 5.97 Å². The molecule has 2 heterocycles. The fourth-order valence-corrected chi connectivity index (χ4v) is 3.68. The van der Waals surface area contributed by atoms with E-state index in [0.717, 1.165) is 60.6 Å². The van der Waals surface area contributed by atoms with Crippen LogP contribution in [-0.4, -0.2) is 34.0 Å². The van der Waals surface area contributed by atoms with Crippen molar-refractivity contribution in [3.63, 3.8) is 0 Å². The maximum atomic E-state index is 11.1. The number of carboxylic acid groups (broad SMARTS) is 1. The van der Waals surface area contributed by atoms with Crippen molar-refractivity contribution in [3.8, 4) is 0 Å². The highest BCUT2D eigenvalue weighted by atomic mass is 16.4. The molecule has 1 saturated heterocycles. The summed E-state index contributed by atoms with van der Waals surface area (Å²) in [5, 5.41) is 9.12. The minimum atomic E-state index is -0.878. The van der Waals surface area contributed by atoms with Crippen LogP contribution in [0.4, 0.5) is 0 Å². The number of nitrogens with zero attached hydrogens (tertiary/aromatic N) is 2. The number of aromatic carboxylic acids is 1. The summed E-state index contributed by atoms with van der Waals surface area (Å²) in [6.07, 6.45) is 2.01. The SMILES string of the molecule is Cc1cccc2nc(C3CCN(Cc4cccc(C(=O)O)c4)CC3)oc12. The smallest absolute Gasteiger partial charge is 0.335 e. The van der Waals surface area contributed by atoms with Gasteiger partial charge in [-0.3, -0.25) is 4.90 Å². The Morgan fingerprint density at radius 2 is 2.00 bits per heavy atom. The van der Waals surface area contributed by atoms with Gasteiger partial charge in [-0.1, -0.05) is 24.3 Å². The molecule has 1 N–H and O–H groups in total. The first-order valence-corrected chi connectivity index (χ1v) is 9.01. The van der Waals surface area contributed by atoms with Gasteiger partial charge in [0.05, 0.1) is 5.56 Å². The van der Waals surface area contributed by atoms with Crippen LogP contribution in [0.2, 0.25) is 0 Å². The molecular weight excluding hydrogens is 328 g/mol. The third kappa shape index (κ3) is 3.35. The van der Waals surface area contributed by atoms with Gasteiger partial charge < -0.3 is 9.52 Å². The Morgan fingerprint density at radius 3 is 2.73 bits per heavy atom. The highest BCUT2D eigenvalue weighted by Crippen LogP contribution is 2.31. The maximum Gasteiger partial charge on any atom is 0.335 e. The van der Waals surface area contributed by atoms with Gasteiger partial charge in [-0.2, -0.15) is 0 Å². The van der Waals surface area contributed by atoms with Crippen LogP contribution in [-0.2, 0) is 6.54 Å². The highest BCUT2D eigenvalue weighted by Gasteiger charge is 2.25. The molecule has 0 amide bonds. The zero-order valence-electron chi connectivity index (χ0n) is 14.8. The molecule has 1 aromatic heterocycles. The number of carbonyl (C=O) groups is 1. The number of benzene rings is 2. The molecule has 5 nitrogen and oxygen atoms in total. The Labute approximate surface area is 152 Å². The normalized spacial score (nSPS) is 16.2. The number of likely N-dealkylation sites (tertiary alicyclic amines) is 1.